The summed E-state index contributed by atoms with van der Waals surface area (Å²) < 4.78 is 76.0. The summed E-state index contributed by atoms with van der Waals surface area (Å²) in [4.78, 5) is 0.0787. The molecule has 0 N–H and O–H groups in total. The highest BCUT2D eigenvalue weighted by molar-refractivity contribution is 7.89. The van der Waals surface area contributed by atoms with Crippen molar-refractivity contribution in [2.24, 2.45) is 0 Å². The molecule has 0 spiro atoms. The zero-order valence-electron chi connectivity index (χ0n) is 19.1. The molecule has 3 rings (SSSR count). The minimum Gasteiger partial charge on any atom is -0.493 e. The number of hydrogen-bond acceptors (Lipinski definition) is 8. The van der Waals surface area contributed by atoms with Gasteiger partial charge in [0, 0.05) is 38.3 Å². The molecule has 1 aliphatic rings. The lowest BCUT2D eigenvalue weighted by molar-refractivity contribution is 0.352. The lowest BCUT2D eigenvalue weighted by Gasteiger charge is -2.24. The SMILES string of the molecule is COc1ccc(S(=O)(=O)N2CC[C@H](N(C)S(=O)(=O)c3ccc(OC)c(OC)c3)C2)cc1OC. The van der Waals surface area contributed by atoms with E-state index in [-0.39, 0.29) is 28.6 Å². The molecule has 0 unspecified atom stereocenters. The first kappa shape index (κ1) is 25.1. The number of benzene rings is 2. The third kappa shape index (κ3) is 4.74. The van der Waals surface area contributed by atoms with Gasteiger partial charge in [0.1, 0.15) is 0 Å². The normalized spacial score (nSPS) is 17.2. The van der Waals surface area contributed by atoms with E-state index in [2.05, 4.69) is 0 Å². The first-order chi connectivity index (χ1) is 15.6. The van der Waals surface area contributed by atoms with Crippen molar-refractivity contribution in [3.05, 3.63) is 36.4 Å². The van der Waals surface area contributed by atoms with Gasteiger partial charge in [-0.15, -0.1) is 0 Å². The second-order valence-corrected chi connectivity index (χ2v) is 11.3. The number of hydrogen-bond donors (Lipinski definition) is 0. The van der Waals surface area contributed by atoms with E-state index in [0.29, 0.717) is 23.7 Å². The number of sulfonamides is 2. The van der Waals surface area contributed by atoms with Crippen LogP contribution in [-0.2, 0) is 20.0 Å². The van der Waals surface area contributed by atoms with Crippen molar-refractivity contribution < 1.29 is 35.8 Å². The van der Waals surface area contributed by atoms with Gasteiger partial charge < -0.3 is 18.9 Å². The molecule has 33 heavy (non-hydrogen) atoms. The first-order valence-electron chi connectivity index (χ1n) is 10.0. The summed E-state index contributed by atoms with van der Waals surface area (Å²) in [6.45, 7) is 0.215. The standard InChI is InChI=1S/C21H28N2O8S2/c1-22(32(24,25)16-6-8-18(28-2)20(12-16)30-4)15-10-11-23(14-15)33(26,27)17-7-9-19(29-3)21(13-17)31-5/h6-9,12-13,15H,10-11,14H2,1-5H3/t15-/m0/s1. The Morgan fingerprint density at radius 3 is 1.79 bits per heavy atom. The molecule has 2 aromatic rings. The van der Waals surface area contributed by atoms with Crippen LogP contribution in [0.4, 0.5) is 0 Å². The average molecular weight is 501 g/mol. The Labute approximate surface area is 194 Å². The summed E-state index contributed by atoms with van der Waals surface area (Å²) >= 11 is 0. The monoisotopic (exact) mass is 500 g/mol. The molecule has 12 heteroatoms. The van der Waals surface area contributed by atoms with Crippen molar-refractivity contribution in [1.82, 2.24) is 8.61 Å². The van der Waals surface area contributed by atoms with Crippen LogP contribution in [0.5, 0.6) is 23.0 Å². The van der Waals surface area contributed by atoms with Gasteiger partial charge >= 0.3 is 0 Å². The number of rotatable bonds is 9. The Balaban J connectivity index is 1.82. The van der Waals surface area contributed by atoms with E-state index in [4.69, 9.17) is 18.9 Å². The van der Waals surface area contributed by atoms with Crippen molar-refractivity contribution in [3.63, 3.8) is 0 Å². The van der Waals surface area contributed by atoms with E-state index in [1.54, 1.807) is 0 Å². The second-order valence-electron chi connectivity index (χ2n) is 7.36. The molecule has 1 atom stereocenters. The Bertz CT molecular complexity index is 1210. The first-order valence-corrected chi connectivity index (χ1v) is 12.9. The average Bonchev–Trinajstić information content (AvgIpc) is 3.33. The highest BCUT2D eigenvalue weighted by Gasteiger charge is 2.38. The van der Waals surface area contributed by atoms with Crippen molar-refractivity contribution in [1.29, 1.82) is 0 Å². The molecule has 182 valence electrons. The zero-order chi connectivity index (χ0) is 24.4. The van der Waals surface area contributed by atoms with Crippen LogP contribution in [0.3, 0.4) is 0 Å². The number of nitrogens with zero attached hydrogens (tertiary/aromatic N) is 2. The van der Waals surface area contributed by atoms with Crippen LogP contribution < -0.4 is 18.9 Å². The molecule has 1 aliphatic heterocycles. The number of likely N-dealkylation sites (N-methyl/N-ethyl adjacent to an activating group) is 1. The van der Waals surface area contributed by atoms with Crippen LogP contribution in [0.15, 0.2) is 46.2 Å². The molecule has 0 radical (unpaired) electrons. The van der Waals surface area contributed by atoms with Gasteiger partial charge in [0.05, 0.1) is 38.2 Å². The molecule has 1 fully saturated rings. The van der Waals surface area contributed by atoms with Crippen LogP contribution in [0, 0.1) is 0 Å². The summed E-state index contributed by atoms with van der Waals surface area (Å²) in [5.41, 5.74) is 0. The maximum atomic E-state index is 13.2. The summed E-state index contributed by atoms with van der Waals surface area (Å²) in [6, 6.07) is 8.16. The fraction of sp³-hybridized carbons (Fsp3) is 0.429. The molecule has 0 aromatic heterocycles. The van der Waals surface area contributed by atoms with Gasteiger partial charge in [0.25, 0.3) is 0 Å². The Hall–Kier alpha value is -2.54. The van der Waals surface area contributed by atoms with Gasteiger partial charge in [0.2, 0.25) is 20.0 Å². The van der Waals surface area contributed by atoms with Crippen LogP contribution in [0.1, 0.15) is 6.42 Å². The molecule has 0 bridgehead atoms. The fourth-order valence-electron chi connectivity index (χ4n) is 3.69. The summed E-state index contributed by atoms with van der Waals surface area (Å²) in [7, 11) is -0.525. The molecule has 2 aromatic carbocycles. The molecule has 0 aliphatic carbocycles. The molecule has 1 heterocycles. The van der Waals surface area contributed by atoms with Crippen LogP contribution in [-0.4, -0.2) is 80.1 Å². The van der Waals surface area contributed by atoms with Crippen molar-refractivity contribution in [2.45, 2.75) is 22.3 Å². The van der Waals surface area contributed by atoms with E-state index in [0.717, 1.165) is 0 Å². The van der Waals surface area contributed by atoms with Crippen molar-refractivity contribution in [3.8, 4) is 23.0 Å². The lowest BCUT2D eigenvalue weighted by Crippen LogP contribution is -2.40. The Kier molecular flexibility index (Phi) is 7.42. The topological polar surface area (TPSA) is 112 Å². The van der Waals surface area contributed by atoms with E-state index in [1.807, 2.05) is 0 Å². The van der Waals surface area contributed by atoms with E-state index >= 15 is 0 Å². The third-order valence-electron chi connectivity index (χ3n) is 5.67. The van der Waals surface area contributed by atoms with Crippen LogP contribution >= 0.6 is 0 Å². The van der Waals surface area contributed by atoms with Crippen molar-refractivity contribution in [2.75, 3.05) is 48.6 Å². The number of methoxy groups -OCH3 is 4. The van der Waals surface area contributed by atoms with Gasteiger partial charge in [-0.25, -0.2) is 16.8 Å². The quantitative estimate of drug-likeness (QED) is 0.513. The van der Waals surface area contributed by atoms with E-state index < -0.39 is 26.1 Å². The lowest BCUT2D eigenvalue weighted by atomic mass is 10.3. The highest BCUT2D eigenvalue weighted by atomic mass is 32.2. The minimum atomic E-state index is -3.89. The van der Waals surface area contributed by atoms with E-state index in [9.17, 15) is 16.8 Å². The van der Waals surface area contributed by atoms with Gasteiger partial charge in [-0.3, -0.25) is 0 Å². The molecule has 0 amide bonds. The molecule has 10 nitrogen and oxygen atoms in total. The third-order valence-corrected chi connectivity index (χ3v) is 9.43. The van der Waals surface area contributed by atoms with Crippen LogP contribution in [0.2, 0.25) is 0 Å². The maximum absolute atomic E-state index is 13.2. The highest BCUT2D eigenvalue weighted by Crippen LogP contribution is 2.34. The Morgan fingerprint density at radius 2 is 1.27 bits per heavy atom. The maximum Gasteiger partial charge on any atom is 0.243 e. The predicted molar refractivity (Wildman–Crippen MR) is 121 cm³/mol. The summed E-state index contributed by atoms with van der Waals surface area (Å²) in [6.07, 6.45) is 0.357. The number of ether oxygens (including phenoxy) is 4. The van der Waals surface area contributed by atoms with Gasteiger partial charge in [-0.1, -0.05) is 0 Å². The summed E-state index contributed by atoms with van der Waals surface area (Å²) in [5, 5.41) is 0. The smallest absolute Gasteiger partial charge is 0.243 e. The van der Waals surface area contributed by atoms with Gasteiger partial charge in [-0.2, -0.15) is 8.61 Å². The van der Waals surface area contributed by atoms with Gasteiger partial charge in [0.15, 0.2) is 23.0 Å². The second kappa shape index (κ2) is 9.75. The van der Waals surface area contributed by atoms with Crippen molar-refractivity contribution >= 4 is 20.0 Å². The summed E-state index contributed by atoms with van der Waals surface area (Å²) in [5.74, 6) is 1.40. The van der Waals surface area contributed by atoms with Crippen LogP contribution in [0.25, 0.3) is 0 Å². The fourth-order valence-corrected chi connectivity index (χ4v) is 6.59. The van der Waals surface area contributed by atoms with E-state index in [1.165, 1.54) is 80.5 Å². The Morgan fingerprint density at radius 1 is 0.788 bits per heavy atom. The molecular weight excluding hydrogens is 472 g/mol. The molecule has 1 saturated heterocycles. The zero-order valence-corrected chi connectivity index (χ0v) is 20.8. The largest absolute Gasteiger partial charge is 0.493 e. The molecular formula is C21H28N2O8S2. The molecule has 0 saturated carbocycles. The minimum absolute atomic E-state index is 0.0275. The van der Waals surface area contributed by atoms with Gasteiger partial charge in [-0.05, 0) is 30.7 Å². The predicted octanol–water partition coefficient (Wildman–Crippen LogP) is 1.80.